The predicted octanol–water partition coefficient (Wildman–Crippen LogP) is 1.36. The van der Waals surface area contributed by atoms with Crippen molar-refractivity contribution in [1.29, 1.82) is 0 Å². The molecule has 130 valence electrons. The molecule has 0 saturated heterocycles. The maximum atomic E-state index is 10.3. The monoisotopic (exact) mass is 331 g/mol. The summed E-state index contributed by atoms with van der Waals surface area (Å²) < 4.78 is 12.6. The van der Waals surface area contributed by atoms with Crippen molar-refractivity contribution >= 4 is 0 Å². The number of methoxy groups -OCH3 is 2. The number of aliphatic hydroxyl groups excluding tert-OH is 1. The van der Waals surface area contributed by atoms with Gasteiger partial charge >= 0.3 is 0 Å². The van der Waals surface area contributed by atoms with Gasteiger partial charge in [0, 0.05) is 32.0 Å². The van der Waals surface area contributed by atoms with Crippen LogP contribution >= 0.6 is 0 Å². The minimum absolute atomic E-state index is 0.421. The first-order chi connectivity index (χ1) is 11.7. The third-order valence-corrected chi connectivity index (χ3v) is 4.53. The second-order valence-electron chi connectivity index (χ2n) is 6.16. The van der Waals surface area contributed by atoms with Crippen molar-refractivity contribution in [2.45, 2.75) is 25.5 Å². The normalized spacial score (nSPS) is 16.3. The highest BCUT2D eigenvalue weighted by Gasteiger charge is 2.19. The van der Waals surface area contributed by atoms with E-state index in [1.54, 1.807) is 25.1 Å². The zero-order valence-corrected chi connectivity index (χ0v) is 14.3. The number of hydrogen-bond acceptors (Lipinski definition) is 5. The van der Waals surface area contributed by atoms with Gasteiger partial charge < -0.3 is 19.5 Å². The van der Waals surface area contributed by atoms with Gasteiger partial charge in [0.1, 0.15) is 0 Å². The molecule has 0 aliphatic carbocycles. The molecule has 6 nitrogen and oxygen atoms in total. The third kappa shape index (κ3) is 3.88. The number of rotatable bonds is 6. The summed E-state index contributed by atoms with van der Waals surface area (Å²) >= 11 is 0. The maximum absolute atomic E-state index is 10.3. The van der Waals surface area contributed by atoms with Gasteiger partial charge in [-0.2, -0.15) is 5.10 Å². The van der Waals surface area contributed by atoms with Gasteiger partial charge in [-0.3, -0.25) is 4.68 Å². The lowest BCUT2D eigenvalue weighted by Gasteiger charge is -2.23. The first kappa shape index (κ1) is 16.8. The molecule has 0 spiro atoms. The molecule has 3 rings (SSSR count). The van der Waals surface area contributed by atoms with Crippen LogP contribution < -0.4 is 9.47 Å². The number of aromatic nitrogens is 2. The summed E-state index contributed by atoms with van der Waals surface area (Å²) in [4.78, 5) is 2.31. The molecule has 0 amide bonds. The number of benzene rings is 1. The fourth-order valence-corrected chi connectivity index (χ4v) is 3.26. The largest absolute Gasteiger partial charge is 0.493 e. The molecule has 1 aliphatic rings. The van der Waals surface area contributed by atoms with Gasteiger partial charge in [-0.15, -0.1) is 0 Å². The molecule has 6 heteroatoms. The lowest BCUT2D eigenvalue weighted by molar-refractivity contribution is 0.0968. The quantitative estimate of drug-likeness (QED) is 0.866. The highest BCUT2D eigenvalue weighted by Crippen LogP contribution is 2.32. The Morgan fingerprint density at radius 3 is 2.21 bits per heavy atom. The van der Waals surface area contributed by atoms with Crippen LogP contribution in [0.4, 0.5) is 0 Å². The van der Waals surface area contributed by atoms with E-state index in [2.05, 4.69) is 22.1 Å². The van der Waals surface area contributed by atoms with Gasteiger partial charge in [0.25, 0.3) is 0 Å². The van der Waals surface area contributed by atoms with Crippen LogP contribution in [0.2, 0.25) is 0 Å². The van der Waals surface area contributed by atoms with E-state index in [1.165, 1.54) is 11.1 Å². The van der Waals surface area contributed by atoms with E-state index in [9.17, 15) is 5.11 Å². The Bertz CT molecular complexity index is 623. The fraction of sp³-hybridized carbons (Fsp3) is 0.500. The second kappa shape index (κ2) is 7.68. The van der Waals surface area contributed by atoms with Crippen LogP contribution in [-0.2, 0) is 19.4 Å². The summed E-state index contributed by atoms with van der Waals surface area (Å²) in [5.74, 6) is 1.56. The van der Waals surface area contributed by atoms with Crippen LogP contribution in [-0.4, -0.2) is 59.7 Å². The molecule has 1 atom stereocenters. The van der Waals surface area contributed by atoms with Gasteiger partial charge in [-0.05, 0) is 42.2 Å². The third-order valence-electron chi connectivity index (χ3n) is 4.53. The molecular formula is C18H25N3O3. The Morgan fingerprint density at radius 2 is 1.71 bits per heavy atom. The zero-order valence-electron chi connectivity index (χ0n) is 14.3. The summed E-state index contributed by atoms with van der Waals surface area (Å²) in [5, 5.41) is 14.5. The number of hydrogen-bond donors (Lipinski definition) is 1. The minimum atomic E-state index is -0.421. The van der Waals surface area contributed by atoms with Crippen molar-refractivity contribution < 1.29 is 14.6 Å². The number of aliphatic hydroxyl groups is 1. The molecule has 0 radical (unpaired) electrons. The van der Waals surface area contributed by atoms with E-state index in [1.807, 2.05) is 12.3 Å². The Balaban J connectivity index is 1.62. The molecule has 0 saturated carbocycles. The lowest BCUT2D eigenvalue weighted by atomic mass is 10.0. The molecule has 1 unspecified atom stereocenters. The Hall–Kier alpha value is -2.05. The van der Waals surface area contributed by atoms with E-state index in [0.29, 0.717) is 13.1 Å². The average molecular weight is 331 g/mol. The average Bonchev–Trinajstić information content (AvgIpc) is 3.01. The molecule has 2 aromatic rings. The lowest BCUT2D eigenvalue weighted by Crippen LogP contribution is -2.36. The topological polar surface area (TPSA) is 59.8 Å². The van der Waals surface area contributed by atoms with Gasteiger partial charge in [-0.1, -0.05) is 0 Å². The summed E-state index contributed by atoms with van der Waals surface area (Å²) in [6.07, 6.45) is 5.08. The highest BCUT2D eigenvalue weighted by atomic mass is 16.5. The van der Waals surface area contributed by atoms with Crippen molar-refractivity contribution in [2.24, 2.45) is 0 Å². The predicted molar refractivity (Wildman–Crippen MR) is 91.6 cm³/mol. The first-order valence-electron chi connectivity index (χ1n) is 8.31. The van der Waals surface area contributed by atoms with Crippen molar-refractivity contribution in [3.63, 3.8) is 0 Å². The standard InChI is InChI=1S/C18H25N3O3/c1-23-17-10-14-4-8-20(9-5-15(14)11-18(17)24-2)12-16(22)13-21-7-3-6-19-21/h3,6-7,10-11,16,22H,4-5,8-9,12-13H2,1-2H3. The second-order valence-corrected chi connectivity index (χ2v) is 6.16. The minimum Gasteiger partial charge on any atom is -0.493 e. The summed E-state index contributed by atoms with van der Waals surface area (Å²) in [6, 6.07) is 6.03. The van der Waals surface area contributed by atoms with Crippen LogP contribution in [0.3, 0.4) is 0 Å². The van der Waals surface area contributed by atoms with Crippen LogP contribution in [0, 0.1) is 0 Å². The van der Waals surface area contributed by atoms with Gasteiger partial charge in [0.15, 0.2) is 11.5 Å². The van der Waals surface area contributed by atoms with Crippen LogP contribution in [0.1, 0.15) is 11.1 Å². The van der Waals surface area contributed by atoms with E-state index in [4.69, 9.17) is 9.47 Å². The molecular weight excluding hydrogens is 306 g/mol. The number of β-amino-alcohol motifs (C(OH)–C–C–N with tert-alkyl or cyclic N) is 1. The van der Waals surface area contributed by atoms with E-state index in [-0.39, 0.29) is 0 Å². The molecule has 0 fully saturated rings. The summed E-state index contributed by atoms with van der Waals surface area (Å²) in [7, 11) is 3.33. The van der Waals surface area contributed by atoms with Crippen molar-refractivity contribution in [3.8, 4) is 11.5 Å². The SMILES string of the molecule is COc1cc2c(cc1OC)CCN(CC(O)Cn1cccn1)CC2. The number of fused-ring (bicyclic) bond motifs is 1. The van der Waals surface area contributed by atoms with Crippen molar-refractivity contribution in [3.05, 3.63) is 41.7 Å². The Morgan fingerprint density at radius 1 is 1.08 bits per heavy atom. The molecule has 1 aromatic heterocycles. The maximum Gasteiger partial charge on any atom is 0.161 e. The zero-order chi connectivity index (χ0) is 16.9. The molecule has 0 bridgehead atoms. The van der Waals surface area contributed by atoms with Crippen molar-refractivity contribution in [2.75, 3.05) is 33.9 Å². The first-order valence-corrected chi connectivity index (χ1v) is 8.31. The molecule has 24 heavy (non-hydrogen) atoms. The number of nitrogens with zero attached hydrogens (tertiary/aromatic N) is 3. The van der Waals surface area contributed by atoms with Crippen LogP contribution in [0.5, 0.6) is 11.5 Å². The smallest absolute Gasteiger partial charge is 0.161 e. The molecule has 1 aromatic carbocycles. The molecule has 2 heterocycles. The van der Waals surface area contributed by atoms with Crippen LogP contribution in [0.15, 0.2) is 30.6 Å². The van der Waals surface area contributed by atoms with Crippen LogP contribution in [0.25, 0.3) is 0 Å². The van der Waals surface area contributed by atoms with E-state index >= 15 is 0 Å². The summed E-state index contributed by atoms with van der Waals surface area (Å²) in [5.41, 5.74) is 2.61. The van der Waals surface area contributed by atoms with Crippen molar-refractivity contribution in [1.82, 2.24) is 14.7 Å². The highest BCUT2D eigenvalue weighted by molar-refractivity contribution is 5.48. The van der Waals surface area contributed by atoms with Gasteiger partial charge in [0.2, 0.25) is 0 Å². The number of ether oxygens (including phenoxy) is 2. The van der Waals surface area contributed by atoms with E-state index < -0.39 is 6.10 Å². The fourth-order valence-electron chi connectivity index (χ4n) is 3.26. The Labute approximate surface area is 142 Å². The van der Waals surface area contributed by atoms with E-state index in [0.717, 1.165) is 37.4 Å². The van der Waals surface area contributed by atoms with Gasteiger partial charge in [0.05, 0.1) is 26.9 Å². The summed E-state index contributed by atoms with van der Waals surface area (Å²) in [6.45, 7) is 3.04. The van der Waals surface area contributed by atoms with Gasteiger partial charge in [-0.25, -0.2) is 0 Å². The molecule has 1 aliphatic heterocycles. The molecule has 1 N–H and O–H groups in total. The Kier molecular flexibility index (Phi) is 5.37.